The first-order chi connectivity index (χ1) is 16.8. The van der Waals surface area contributed by atoms with Crippen molar-refractivity contribution in [3.8, 4) is 0 Å². The van der Waals surface area contributed by atoms with Crippen LogP contribution in [0, 0.1) is 0 Å². The van der Waals surface area contributed by atoms with Gasteiger partial charge in [-0.1, -0.05) is 18.2 Å². The van der Waals surface area contributed by atoms with Crippen LogP contribution in [0.5, 0.6) is 0 Å². The summed E-state index contributed by atoms with van der Waals surface area (Å²) in [6.45, 7) is -3.83. The Morgan fingerprint density at radius 2 is 2.38 bits per heavy atom. The van der Waals surface area contributed by atoms with Crippen molar-refractivity contribution in [2.24, 2.45) is 0 Å². The minimum absolute atomic E-state index is 0.137. The molecule has 2 fully saturated rings. The average Bonchev–Trinajstić information content (AvgIpc) is 3.10. The zero-order valence-corrected chi connectivity index (χ0v) is 10.4. The molecule has 4 nitrogen and oxygen atoms in total. The summed E-state index contributed by atoms with van der Waals surface area (Å²) in [5, 5.41) is -0.267. The molecular formula is C17H20N2O2. The lowest BCUT2D eigenvalue weighted by molar-refractivity contribution is -0.000258. The van der Waals surface area contributed by atoms with E-state index in [2.05, 4.69) is 4.98 Å². The van der Waals surface area contributed by atoms with Gasteiger partial charge in [0.1, 0.15) is 6.08 Å². The van der Waals surface area contributed by atoms with E-state index in [1.807, 2.05) is 0 Å². The fraction of sp³-hybridized carbons (Fsp3) is 0.471. The number of aromatic amines is 1. The van der Waals surface area contributed by atoms with Gasteiger partial charge in [0.15, 0.2) is 0 Å². The lowest BCUT2D eigenvalue weighted by Crippen LogP contribution is -2.43. The number of rotatable bonds is 2. The monoisotopic (exact) mass is 301 g/mol. The van der Waals surface area contributed by atoms with Gasteiger partial charge in [0.25, 0.3) is 0 Å². The smallest absolute Gasteiger partial charge is 0.340 e. The molecule has 0 amide bonds. The summed E-state index contributed by atoms with van der Waals surface area (Å²) in [7, 11) is 0. The van der Waals surface area contributed by atoms with Gasteiger partial charge in [0.05, 0.1) is 11.0 Å². The molecule has 1 unspecified atom stereocenters. The first-order valence-corrected chi connectivity index (χ1v) is 5.94. The first kappa shape index (κ1) is 4.13. The van der Waals surface area contributed by atoms with Crippen molar-refractivity contribution in [2.75, 3.05) is 6.98 Å². The molecule has 2 aliphatic heterocycles. The van der Waals surface area contributed by atoms with Crippen LogP contribution in [0.2, 0.25) is 0 Å². The van der Waals surface area contributed by atoms with Gasteiger partial charge >= 0.3 is 5.97 Å². The Bertz CT molecular complexity index is 1330. The zero-order chi connectivity index (χ0) is 29.4. The number of aromatic nitrogens is 1. The molecule has 3 heterocycles. The van der Waals surface area contributed by atoms with Crippen LogP contribution < -0.4 is 0 Å². The number of nitrogens with zero attached hydrogens (tertiary/aromatic N) is 1. The fourth-order valence-electron chi connectivity index (χ4n) is 2.00. The van der Waals surface area contributed by atoms with E-state index in [-0.39, 0.29) is 23.0 Å². The summed E-state index contributed by atoms with van der Waals surface area (Å²) in [5.41, 5.74) is -0.919. The van der Waals surface area contributed by atoms with E-state index >= 15 is 0 Å². The summed E-state index contributed by atoms with van der Waals surface area (Å²) >= 11 is 0. The van der Waals surface area contributed by atoms with Gasteiger partial charge < -0.3 is 14.6 Å². The van der Waals surface area contributed by atoms with Crippen molar-refractivity contribution in [3.63, 3.8) is 0 Å². The number of hydrogen-bond acceptors (Lipinski definition) is 3. The van der Waals surface area contributed by atoms with E-state index in [4.69, 9.17) is 28.0 Å². The molecule has 2 bridgehead atoms. The van der Waals surface area contributed by atoms with Crippen molar-refractivity contribution >= 4 is 16.9 Å². The lowest BCUT2D eigenvalue weighted by Gasteiger charge is -2.35. The molecular weight excluding hydrogens is 264 g/mol. The van der Waals surface area contributed by atoms with E-state index in [9.17, 15) is 4.79 Å². The highest BCUT2D eigenvalue weighted by Crippen LogP contribution is 2.35. The van der Waals surface area contributed by atoms with Crippen LogP contribution in [0.4, 0.5) is 0 Å². The van der Waals surface area contributed by atoms with Gasteiger partial charge in [-0.05, 0) is 25.8 Å². The van der Waals surface area contributed by atoms with Crippen molar-refractivity contribution in [3.05, 3.63) is 36.0 Å². The molecule has 4 rings (SSSR count). The van der Waals surface area contributed by atoms with Crippen LogP contribution >= 0.6 is 0 Å². The molecule has 2 aromatic rings. The van der Waals surface area contributed by atoms with Gasteiger partial charge in [-0.15, -0.1) is 0 Å². The summed E-state index contributed by atoms with van der Waals surface area (Å²) in [4.78, 5) is 15.1. The number of carbonyl (C=O) groups is 1. The second-order valence-electron chi connectivity index (χ2n) is 4.26. The minimum atomic E-state index is -4.17. The Hall–Kier alpha value is -1.81. The third-order valence-corrected chi connectivity index (χ3v) is 2.99. The Labute approximate surface area is 148 Å². The highest BCUT2D eigenvalue weighted by Gasteiger charge is 2.40. The zero-order valence-electron chi connectivity index (χ0n) is 27.4. The van der Waals surface area contributed by atoms with E-state index in [1.54, 1.807) is 0 Å². The Morgan fingerprint density at radius 3 is 3.14 bits per heavy atom. The number of H-pyrrole nitrogens is 1. The van der Waals surface area contributed by atoms with Crippen LogP contribution in [0.3, 0.4) is 0 Å². The first-order valence-electron chi connectivity index (χ1n) is 14.4. The molecule has 2 aliphatic rings. The second-order valence-corrected chi connectivity index (χ2v) is 4.26. The van der Waals surface area contributed by atoms with Gasteiger partial charge in [-0.25, -0.2) is 4.79 Å². The molecule has 3 atom stereocenters. The number of nitrogens with one attached hydrogen (secondary N) is 1. The number of piperidine rings is 1. The third kappa shape index (κ3) is 2.14. The SMILES string of the molecule is [2H]c1cc([2H])c2[nH]c([2H])c(C(=O)OC3([2H])C([2H])([2H])[C@]4([2H])N(C([2H])([2H])[2H])[C@]([2H])(C3([2H])[2H])C([2H])([2H])C4([2H])[2H])c2c1. The maximum Gasteiger partial charge on any atom is 0.340 e. The van der Waals surface area contributed by atoms with E-state index in [1.165, 1.54) is 0 Å². The molecule has 0 radical (unpaired) electrons. The standard InChI is InChI=1S/C17H20N2O2/c1-19-11-6-7-12(19)9-13(8-11)21-17(20)15-10-18-16-5-3-2-4-14(15)16/h2-5,10-13,18H,6-9H2,1H3/t11-,12+,13?/i1D3,2D,5D,6D2,7D2,8D2,9D2,10D,11D,12D,13D. The molecule has 0 spiro atoms. The minimum Gasteiger partial charge on any atom is -0.459 e. The summed E-state index contributed by atoms with van der Waals surface area (Å²) < 4.78 is 145. The van der Waals surface area contributed by atoms with Crippen LogP contribution in [0.1, 0.15) is 59.2 Å². The summed E-state index contributed by atoms with van der Waals surface area (Å²) in [6.07, 6.45) is -21.1. The normalized spacial score (nSPS) is 61.4. The van der Waals surface area contributed by atoms with Crippen molar-refractivity contribution in [2.45, 2.75) is 43.6 Å². The van der Waals surface area contributed by atoms with Gasteiger partial charge in [-0.2, -0.15) is 0 Å². The number of para-hydroxylation sites is 1. The number of fused-ring (bicyclic) bond motifs is 3. The van der Waals surface area contributed by atoms with Crippen LogP contribution in [0.15, 0.2) is 30.4 Å². The third-order valence-electron chi connectivity index (χ3n) is 2.99. The van der Waals surface area contributed by atoms with E-state index < -0.39 is 73.2 Å². The molecule has 0 saturated carbocycles. The lowest BCUT2D eigenvalue weighted by atomic mass is 10.0. The molecule has 0 aliphatic carbocycles. The number of esters is 1. The van der Waals surface area contributed by atoms with Crippen molar-refractivity contribution in [1.82, 2.24) is 9.88 Å². The number of ether oxygens (including phenoxy) is 1. The van der Waals surface area contributed by atoms with Gasteiger partial charge in [0.2, 0.25) is 0 Å². The van der Waals surface area contributed by atoms with Crippen molar-refractivity contribution < 1.29 is 32.8 Å². The van der Waals surface area contributed by atoms with E-state index in [0.29, 0.717) is 0 Å². The number of benzene rings is 1. The maximum atomic E-state index is 13.3. The Kier molecular flexibility index (Phi) is 0.961. The molecule has 1 aromatic carbocycles. The van der Waals surface area contributed by atoms with Gasteiger partial charge in [-0.3, -0.25) is 0 Å². The number of carbonyl (C=O) groups excluding carboxylic acids is 1. The van der Waals surface area contributed by atoms with Crippen LogP contribution in [0.25, 0.3) is 10.9 Å². The average molecular weight is 301 g/mol. The maximum absolute atomic E-state index is 13.3. The topological polar surface area (TPSA) is 45.3 Å². The highest BCUT2D eigenvalue weighted by atomic mass is 16.5. The Balaban J connectivity index is 2.01. The molecule has 110 valence electrons. The molecule has 1 N–H and O–H groups in total. The van der Waals surface area contributed by atoms with Crippen LogP contribution in [-0.4, -0.2) is 40.9 Å². The van der Waals surface area contributed by atoms with E-state index in [0.717, 1.165) is 12.1 Å². The molecule has 2 saturated heterocycles. The Morgan fingerprint density at radius 1 is 1.57 bits per heavy atom. The van der Waals surface area contributed by atoms with Gasteiger partial charge in [0, 0.05) is 59.7 Å². The predicted octanol–water partition coefficient (Wildman–Crippen LogP) is 2.95. The van der Waals surface area contributed by atoms with Crippen molar-refractivity contribution in [1.29, 1.82) is 0 Å². The largest absolute Gasteiger partial charge is 0.459 e. The predicted molar refractivity (Wildman–Crippen MR) is 81.3 cm³/mol. The molecule has 21 heavy (non-hydrogen) atoms. The number of hydrogen-bond donors (Lipinski definition) is 1. The highest BCUT2D eigenvalue weighted by molar-refractivity contribution is 6.04. The van der Waals surface area contributed by atoms with Crippen LogP contribution in [-0.2, 0) is 4.74 Å². The summed E-state index contributed by atoms with van der Waals surface area (Å²) in [5.74, 6) is -1.80. The summed E-state index contributed by atoms with van der Waals surface area (Å²) in [6, 6.07) is -6.56. The quantitative estimate of drug-likeness (QED) is 0.868. The molecule has 4 heteroatoms. The molecule has 1 aromatic heterocycles. The fourth-order valence-corrected chi connectivity index (χ4v) is 2.00. The second kappa shape index (κ2) is 4.88.